The minimum absolute atomic E-state index is 0.0481. The smallest absolute Gasteiger partial charge is 0.262 e. The number of hydrogen-bond acceptors (Lipinski definition) is 4. The lowest BCUT2D eigenvalue weighted by Gasteiger charge is -1.98. The van der Waals surface area contributed by atoms with Crippen molar-refractivity contribution in [2.24, 2.45) is 0 Å². The lowest BCUT2D eigenvalue weighted by molar-refractivity contribution is 0.425. The first-order valence-electron chi connectivity index (χ1n) is 5.72. The molecule has 3 rings (SSSR count). The van der Waals surface area contributed by atoms with Gasteiger partial charge in [-0.25, -0.2) is 4.39 Å². The molecule has 0 radical (unpaired) electrons. The van der Waals surface area contributed by atoms with Gasteiger partial charge in [-0.05, 0) is 42.5 Å². The van der Waals surface area contributed by atoms with E-state index in [1.54, 1.807) is 24.3 Å². The second kappa shape index (κ2) is 4.94. The van der Waals surface area contributed by atoms with Crippen molar-refractivity contribution in [3.05, 3.63) is 53.3 Å². The Balaban J connectivity index is 2.01. The number of rotatable bonds is 2. The quantitative estimate of drug-likeness (QED) is 0.777. The monoisotopic (exact) mass is 290 g/mol. The summed E-state index contributed by atoms with van der Waals surface area (Å²) in [7, 11) is 0. The molecule has 100 valence electrons. The molecule has 4 nitrogen and oxygen atoms in total. The molecule has 0 bridgehead atoms. The molecule has 1 aromatic heterocycles. The number of benzene rings is 2. The predicted octanol–water partition coefficient (Wildman–Crippen LogP) is 3.90. The number of phenols is 1. The summed E-state index contributed by atoms with van der Waals surface area (Å²) >= 11 is 5.80. The first-order chi connectivity index (χ1) is 9.63. The van der Waals surface area contributed by atoms with Gasteiger partial charge in [0.05, 0.1) is 5.56 Å². The minimum atomic E-state index is -0.496. The van der Waals surface area contributed by atoms with Crippen LogP contribution in [-0.2, 0) is 0 Å². The van der Waals surface area contributed by atoms with Crippen molar-refractivity contribution in [1.29, 1.82) is 0 Å². The third-order valence-corrected chi connectivity index (χ3v) is 2.97. The molecule has 20 heavy (non-hydrogen) atoms. The zero-order valence-electron chi connectivity index (χ0n) is 10.0. The Hall–Kier alpha value is -2.40. The van der Waals surface area contributed by atoms with Crippen molar-refractivity contribution < 1.29 is 14.0 Å². The first-order valence-corrected chi connectivity index (χ1v) is 6.10. The number of aromatic hydroxyl groups is 1. The number of nitrogens with zero attached hydrogens (tertiary/aromatic N) is 2. The largest absolute Gasteiger partial charge is 0.507 e. The first kappa shape index (κ1) is 12.6. The molecule has 0 fully saturated rings. The van der Waals surface area contributed by atoms with E-state index in [4.69, 9.17) is 16.1 Å². The van der Waals surface area contributed by atoms with E-state index < -0.39 is 5.82 Å². The molecule has 1 N–H and O–H groups in total. The summed E-state index contributed by atoms with van der Waals surface area (Å²) in [6.07, 6.45) is 0. The fourth-order valence-electron chi connectivity index (χ4n) is 1.73. The van der Waals surface area contributed by atoms with Crippen LogP contribution in [0.15, 0.2) is 47.0 Å². The normalized spacial score (nSPS) is 10.7. The molecule has 0 aliphatic heterocycles. The SMILES string of the molecule is Oc1ccc(F)cc1-c1nc(-c2ccc(Cl)cc2)no1. The van der Waals surface area contributed by atoms with Crippen LogP contribution in [-0.4, -0.2) is 15.2 Å². The van der Waals surface area contributed by atoms with Crippen LogP contribution < -0.4 is 0 Å². The summed E-state index contributed by atoms with van der Waals surface area (Å²) in [5.74, 6) is -0.242. The van der Waals surface area contributed by atoms with E-state index in [0.29, 0.717) is 16.4 Å². The molecule has 0 saturated heterocycles. The van der Waals surface area contributed by atoms with E-state index in [1.807, 2.05) is 0 Å². The molecule has 0 spiro atoms. The molecule has 1 heterocycles. The van der Waals surface area contributed by atoms with Crippen molar-refractivity contribution in [1.82, 2.24) is 10.1 Å². The van der Waals surface area contributed by atoms with Crippen molar-refractivity contribution in [3.63, 3.8) is 0 Å². The zero-order chi connectivity index (χ0) is 14.1. The predicted molar refractivity (Wildman–Crippen MR) is 71.8 cm³/mol. The number of aromatic nitrogens is 2. The second-order valence-corrected chi connectivity index (χ2v) is 4.53. The number of hydrogen-bond donors (Lipinski definition) is 1. The van der Waals surface area contributed by atoms with Crippen LogP contribution in [0.25, 0.3) is 22.8 Å². The molecule has 3 aromatic rings. The summed E-state index contributed by atoms with van der Waals surface area (Å²) in [6, 6.07) is 10.4. The zero-order valence-corrected chi connectivity index (χ0v) is 10.8. The van der Waals surface area contributed by atoms with E-state index in [-0.39, 0.29) is 17.2 Å². The Morgan fingerprint density at radius 2 is 1.85 bits per heavy atom. The summed E-state index contributed by atoms with van der Waals surface area (Å²) < 4.78 is 18.2. The van der Waals surface area contributed by atoms with E-state index in [1.165, 1.54) is 6.07 Å². The average molecular weight is 291 g/mol. The van der Waals surface area contributed by atoms with Gasteiger partial charge in [0.25, 0.3) is 5.89 Å². The highest BCUT2D eigenvalue weighted by Crippen LogP contribution is 2.30. The van der Waals surface area contributed by atoms with Gasteiger partial charge >= 0.3 is 0 Å². The fourth-order valence-corrected chi connectivity index (χ4v) is 1.85. The van der Waals surface area contributed by atoms with Gasteiger partial charge in [0, 0.05) is 10.6 Å². The van der Waals surface area contributed by atoms with Gasteiger partial charge in [0.1, 0.15) is 11.6 Å². The van der Waals surface area contributed by atoms with Gasteiger partial charge in [0.2, 0.25) is 5.82 Å². The van der Waals surface area contributed by atoms with Gasteiger partial charge < -0.3 is 9.63 Å². The summed E-state index contributed by atoms with van der Waals surface area (Å²) in [6.45, 7) is 0. The minimum Gasteiger partial charge on any atom is -0.507 e. The maximum atomic E-state index is 13.2. The lowest BCUT2D eigenvalue weighted by atomic mass is 10.2. The van der Waals surface area contributed by atoms with Crippen LogP contribution in [0.2, 0.25) is 5.02 Å². The van der Waals surface area contributed by atoms with E-state index in [9.17, 15) is 9.50 Å². The highest BCUT2D eigenvalue weighted by molar-refractivity contribution is 6.30. The van der Waals surface area contributed by atoms with Gasteiger partial charge in [-0.2, -0.15) is 4.98 Å². The van der Waals surface area contributed by atoms with E-state index in [2.05, 4.69) is 10.1 Å². The fraction of sp³-hybridized carbons (Fsp3) is 0. The Morgan fingerprint density at radius 3 is 2.60 bits per heavy atom. The van der Waals surface area contributed by atoms with Gasteiger partial charge in [0.15, 0.2) is 0 Å². The lowest BCUT2D eigenvalue weighted by Crippen LogP contribution is -1.83. The van der Waals surface area contributed by atoms with Crippen molar-refractivity contribution in [2.45, 2.75) is 0 Å². The van der Waals surface area contributed by atoms with E-state index >= 15 is 0 Å². The van der Waals surface area contributed by atoms with Crippen LogP contribution in [0.1, 0.15) is 0 Å². The molecule has 0 saturated carbocycles. The molecular formula is C14H8ClFN2O2. The molecule has 0 aliphatic rings. The second-order valence-electron chi connectivity index (χ2n) is 4.09. The molecular weight excluding hydrogens is 283 g/mol. The van der Waals surface area contributed by atoms with Crippen molar-refractivity contribution in [2.75, 3.05) is 0 Å². The van der Waals surface area contributed by atoms with Gasteiger partial charge in [-0.15, -0.1) is 0 Å². The Bertz CT molecular complexity index is 756. The molecule has 2 aromatic carbocycles. The molecule has 0 amide bonds. The average Bonchev–Trinajstić information content (AvgIpc) is 2.92. The van der Waals surface area contributed by atoms with Gasteiger partial charge in [-0.1, -0.05) is 16.8 Å². The van der Waals surface area contributed by atoms with Crippen LogP contribution in [0.3, 0.4) is 0 Å². The molecule has 0 atom stereocenters. The van der Waals surface area contributed by atoms with Crippen LogP contribution in [0.4, 0.5) is 4.39 Å². The molecule has 0 aliphatic carbocycles. The maximum Gasteiger partial charge on any atom is 0.262 e. The van der Waals surface area contributed by atoms with Crippen molar-refractivity contribution in [3.8, 4) is 28.6 Å². The Labute approximate surface area is 118 Å². The Kier molecular flexibility index (Phi) is 3.12. The third-order valence-electron chi connectivity index (χ3n) is 2.72. The van der Waals surface area contributed by atoms with Gasteiger partial charge in [-0.3, -0.25) is 0 Å². The van der Waals surface area contributed by atoms with E-state index in [0.717, 1.165) is 12.1 Å². The Morgan fingerprint density at radius 1 is 1.10 bits per heavy atom. The summed E-state index contributed by atoms with van der Waals surface area (Å²) in [5.41, 5.74) is 0.859. The van der Waals surface area contributed by atoms with Crippen LogP contribution in [0, 0.1) is 5.82 Å². The number of phenolic OH excluding ortho intramolecular Hbond substituents is 1. The standard InChI is InChI=1S/C14H8ClFN2O2/c15-9-3-1-8(2-4-9)13-17-14(20-18-13)11-7-10(16)5-6-12(11)19/h1-7,19H. The highest BCUT2D eigenvalue weighted by atomic mass is 35.5. The third kappa shape index (κ3) is 2.35. The maximum absolute atomic E-state index is 13.2. The topological polar surface area (TPSA) is 59.2 Å². The van der Waals surface area contributed by atoms with Crippen molar-refractivity contribution >= 4 is 11.6 Å². The highest BCUT2D eigenvalue weighted by Gasteiger charge is 2.14. The molecule has 6 heteroatoms. The van der Waals surface area contributed by atoms with Crippen LogP contribution in [0.5, 0.6) is 5.75 Å². The summed E-state index contributed by atoms with van der Waals surface area (Å²) in [5, 5.41) is 14.1. The molecule has 0 unspecified atom stereocenters. The summed E-state index contributed by atoms with van der Waals surface area (Å²) in [4.78, 5) is 4.13. The number of halogens is 2. The van der Waals surface area contributed by atoms with Crippen LogP contribution >= 0.6 is 11.6 Å².